The minimum absolute atomic E-state index is 0.280. The van der Waals surface area contributed by atoms with E-state index in [9.17, 15) is 9.18 Å². The summed E-state index contributed by atoms with van der Waals surface area (Å²) in [5, 5.41) is 7.05. The van der Waals surface area contributed by atoms with Gasteiger partial charge < -0.3 is 10.1 Å². The summed E-state index contributed by atoms with van der Waals surface area (Å²) in [6, 6.07) is 9.34. The van der Waals surface area contributed by atoms with Gasteiger partial charge in [0, 0.05) is 11.8 Å². The van der Waals surface area contributed by atoms with Crippen LogP contribution in [0.3, 0.4) is 0 Å². The van der Waals surface area contributed by atoms with Gasteiger partial charge in [-0.3, -0.25) is 4.79 Å². The molecule has 0 bridgehead atoms. The van der Waals surface area contributed by atoms with E-state index in [2.05, 4.69) is 15.4 Å². The second kappa shape index (κ2) is 7.35. The fourth-order valence-electron chi connectivity index (χ4n) is 2.51. The maximum Gasteiger partial charge on any atom is 0.277 e. The number of amides is 1. The fraction of sp³-hybridized carbons (Fsp3) is 0.211. The van der Waals surface area contributed by atoms with Crippen LogP contribution in [0.1, 0.15) is 28.7 Å². The summed E-state index contributed by atoms with van der Waals surface area (Å²) >= 11 is 0. The number of pyridine rings is 1. The van der Waals surface area contributed by atoms with E-state index < -0.39 is 0 Å². The lowest BCUT2D eigenvalue weighted by atomic mass is 10.2. The van der Waals surface area contributed by atoms with E-state index in [1.54, 1.807) is 42.1 Å². The van der Waals surface area contributed by atoms with Gasteiger partial charge in [0.25, 0.3) is 5.91 Å². The number of hydrogen-bond acceptors (Lipinski definition) is 4. The number of halogens is 1. The molecule has 0 spiro atoms. The third-order valence-electron chi connectivity index (χ3n) is 3.78. The van der Waals surface area contributed by atoms with Crippen molar-refractivity contribution in [3.8, 4) is 11.4 Å². The lowest BCUT2D eigenvalue weighted by Crippen LogP contribution is -2.15. The highest BCUT2D eigenvalue weighted by atomic mass is 19.1. The lowest BCUT2D eigenvalue weighted by Gasteiger charge is -2.08. The number of benzene rings is 1. The Bertz CT molecular complexity index is 935. The number of nitrogens with one attached hydrogen (secondary N) is 1. The lowest BCUT2D eigenvalue weighted by molar-refractivity contribution is 0.102. The highest BCUT2D eigenvalue weighted by molar-refractivity contribution is 6.03. The number of anilines is 1. The number of hydrogen-bond donors (Lipinski definition) is 1. The molecule has 6 nitrogen and oxygen atoms in total. The van der Waals surface area contributed by atoms with Gasteiger partial charge in [-0.05, 0) is 57.2 Å². The second-order valence-corrected chi connectivity index (χ2v) is 5.75. The van der Waals surface area contributed by atoms with Crippen LogP contribution in [0.25, 0.3) is 5.69 Å². The zero-order valence-electron chi connectivity index (χ0n) is 14.8. The average Bonchev–Trinajstić information content (AvgIpc) is 3.00. The van der Waals surface area contributed by atoms with Crippen molar-refractivity contribution in [2.45, 2.75) is 20.8 Å². The van der Waals surface area contributed by atoms with Crippen LogP contribution in [0.4, 0.5) is 10.2 Å². The van der Waals surface area contributed by atoms with Crippen LogP contribution < -0.4 is 10.1 Å². The molecule has 0 saturated heterocycles. The molecule has 3 aromatic rings. The van der Waals surface area contributed by atoms with Gasteiger partial charge in [0.2, 0.25) is 0 Å². The summed E-state index contributed by atoms with van der Waals surface area (Å²) in [6.07, 6.45) is 1.72. The summed E-state index contributed by atoms with van der Waals surface area (Å²) in [5.74, 6) is 0.418. The van der Waals surface area contributed by atoms with Crippen molar-refractivity contribution in [3.05, 3.63) is 65.4 Å². The molecule has 2 heterocycles. The van der Waals surface area contributed by atoms with Crippen molar-refractivity contribution in [1.82, 2.24) is 14.8 Å². The number of ether oxygens (including phenoxy) is 1. The van der Waals surface area contributed by atoms with E-state index in [0.717, 1.165) is 0 Å². The molecule has 1 aromatic carbocycles. The van der Waals surface area contributed by atoms with Gasteiger partial charge in [-0.15, -0.1) is 0 Å². The predicted molar refractivity (Wildman–Crippen MR) is 96.4 cm³/mol. The van der Waals surface area contributed by atoms with Crippen LogP contribution >= 0.6 is 0 Å². The average molecular weight is 354 g/mol. The number of aryl methyl sites for hydroxylation is 2. The fourth-order valence-corrected chi connectivity index (χ4v) is 2.51. The number of carbonyl (C=O) groups is 1. The highest BCUT2D eigenvalue weighted by Crippen LogP contribution is 2.19. The van der Waals surface area contributed by atoms with Gasteiger partial charge in [0.1, 0.15) is 17.4 Å². The van der Waals surface area contributed by atoms with Gasteiger partial charge in [-0.25, -0.2) is 14.1 Å². The molecule has 0 atom stereocenters. The van der Waals surface area contributed by atoms with Gasteiger partial charge >= 0.3 is 0 Å². The minimum Gasteiger partial charge on any atom is -0.492 e. The molecule has 0 radical (unpaired) electrons. The Morgan fingerprint density at radius 3 is 2.58 bits per heavy atom. The van der Waals surface area contributed by atoms with E-state index in [1.807, 2.05) is 13.8 Å². The zero-order chi connectivity index (χ0) is 18.7. The first-order valence-corrected chi connectivity index (χ1v) is 8.22. The molecule has 0 aliphatic carbocycles. The molecule has 7 heteroatoms. The van der Waals surface area contributed by atoms with Crippen molar-refractivity contribution in [2.75, 3.05) is 11.9 Å². The molecular weight excluding hydrogens is 335 g/mol. The smallest absolute Gasteiger partial charge is 0.277 e. The summed E-state index contributed by atoms with van der Waals surface area (Å²) in [4.78, 5) is 16.9. The highest BCUT2D eigenvalue weighted by Gasteiger charge is 2.16. The summed E-state index contributed by atoms with van der Waals surface area (Å²) in [6.45, 7) is 6.05. The Morgan fingerprint density at radius 2 is 1.92 bits per heavy atom. The molecule has 0 saturated carbocycles. The van der Waals surface area contributed by atoms with Crippen LogP contribution in [0.2, 0.25) is 0 Å². The molecule has 1 N–H and O–H groups in total. The van der Waals surface area contributed by atoms with E-state index in [-0.39, 0.29) is 17.4 Å². The summed E-state index contributed by atoms with van der Waals surface area (Å²) < 4.78 is 20.0. The zero-order valence-corrected chi connectivity index (χ0v) is 14.8. The van der Waals surface area contributed by atoms with Crippen LogP contribution in [0.15, 0.2) is 42.6 Å². The molecule has 2 aromatic heterocycles. The quantitative estimate of drug-likeness (QED) is 0.759. The van der Waals surface area contributed by atoms with Crippen LogP contribution in [0, 0.1) is 19.7 Å². The Labute approximate surface area is 150 Å². The molecule has 1 amide bonds. The first kappa shape index (κ1) is 17.6. The summed E-state index contributed by atoms with van der Waals surface area (Å²) in [7, 11) is 0. The molecule has 0 fully saturated rings. The molecule has 3 rings (SSSR count). The SMILES string of the molecule is CCOc1ccc(NC(=O)c2nn(-c3ccc(F)cc3)cc2C)nc1C. The maximum absolute atomic E-state index is 13.1. The van der Waals surface area contributed by atoms with Crippen molar-refractivity contribution in [3.63, 3.8) is 0 Å². The van der Waals surface area contributed by atoms with E-state index >= 15 is 0 Å². The molecule has 134 valence electrons. The number of aromatic nitrogens is 3. The van der Waals surface area contributed by atoms with Crippen molar-refractivity contribution >= 4 is 11.7 Å². The molecular formula is C19H19FN4O2. The van der Waals surface area contributed by atoms with E-state index in [4.69, 9.17) is 4.74 Å². The first-order chi connectivity index (χ1) is 12.5. The second-order valence-electron chi connectivity index (χ2n) is 5.75. The number of nitrogens with zero attached hydrogens (tertiary/aromatic N) is 3. The maximum atomic E-state index is 13.1. The molecule has 26 heavy (non-hydrogen) atoms. The van der Waals surface area contributed by atoms with Gasteiger partial charge in [0.15, 0.2) is 5.69 Å². The normalized spacial score (nSPS) is 10.6. The van der Waals surface area contributed by atoms with Crippen LogP contribution in [0.5, 0.6) is 5.75 Å². The molecule has 0 aliphatic rings. The Kier molecular flexibility index (Phi) is 4.97. The third kappa shape index (κ3) is 3.72. The first-order valence-electron chi connectivity index (χ1n) is 8.22. The Morgan fingerprint density at radius 1 is 1.19 bits per heavy atom. The largest absolute Gasteiger partial charge is 0.492 e. The van der Waals surface area contributed by atoms with Crippen molar-refractivity contribution in [1.29, 1.82) is 0 Å². The van der Waals surface area contributed by atoms with Crippen molar-refractivity contribution < 1.29 is 13.9 Å². The Hall–Kier alpha value is -3.22. The van der Waals surface area contributed by atoms with Gasteiger partial charge in [0.05, 0.1) is 18.0 Å². The van der Waals surface area contributed by atoms with Gasteiger partial charge in [-0.1, -0.05) is 0 Å². The Balaban J connectivity index is 1.80. The monoisotopic (exact) mass is 354 g/mol. The predicted octanol–water partition coefficient (Wildman–Crippen LogP) is 3.67. The third-order valence-corrected chi connectivity index (χ3v) is 3.78. The molecule has 0 aliphatic heterocycles. The number of carbonyl (C=O) groups excluding carboxylic acids is 1. The summed E-state index contributed by atoms with van der Waals surface area (Å²) in [5.41, 5.74) is 2.35. The standard InChI is InChI=1S/C19H19FN4O2/c1-4-26-16-9-10-17(21-13(16)3)22-19(25)18-12(2)11-24(23-18)15-7-5-14(20)6-8-15/h5-11H,4H2,1-3H3,(H,21,22,25). The minimum atomic E-state index is -0.362. The number of rotatable bonds is 5. The van der Waals surface area contributed by atoms with Crippen molar-refractivity contribution in [2.24, 2.45) is 0 Å². The van der Waals surface area contributed by atoms with E-state index in [1.165, 1.54) is 12.1 Å². The van der Waals surface area contributed by atoms with Crippen LogP contribution in [-0.4, -0.2) is 27.3 Å². The molecule has 0 unspecified atom stereocenters. The topological polar surface area (TPSA) is 69.0 Å². The van der Waals surface area contributed by atoms with Crippen LogP contribution in [-0.2, 0) is 0 Å². The van der Waals surface area contributed by atoms with Gasteiger partial charge in [-0.2, -0.15) is 5.10 Å². The van der Waals surface area contributed by atoms with E-state index in [0.29, 0.717) is 35.1 Å².